The van der Waals surface area contributed by atoms with Crippen molar-refractivity contribution in [2.45, 2.75) is 0 Å². The Morgan fingerprint density at radius 3 is 2.76 bits per heavy atom. The number of aromatic nitrogens is 2. The lowest BCUT2D eigenvalue weighted by atomic mass is 10.1. The second-order valence-electron chi connectivity index (χ2n) is 5.49. The number of fused-ring (bicyclic) bond motifs is 1. The smallest absolute Gasteiger partial charge is 0.273 e. The zero-order valence-corrected chi connectivity index (χ0v) is 13.8. The van der Waals surface area contributed by atoms with E-state index in [1.54, 1.807) is 36.4 Å². The van der Waals surface area contributed by atoms with E-state index < -0.39 is 0 Å². The van der Waals surface area contributed by atoms with E-state index in [4.69, 9.17) is 21.1 Å². The van der Waals surface area contributed by atoms with Crippen LogP contribution in [-0.2, 0) is 0 Å². The molecule has 2 N–H and O–H groups in total. The molecule has 0 aliphatic carbocycles. The summed E-state index contributed by atoms with van der Waals surface area (Å²) in [7, 11) is 0. The van der Waals surface area contributed by atoms with Crippen LogP contribution in [0.5, 0.6) is 11.5 Å². The summed E-state index contributed by atoms with van der Waals surface area (Å²) >= 11 is 5.99. The summed E-state index contributed by atoms with van der Waals surface area (Å²) < 4.78 is 11.0. The van der Waals surface area contributed by atoms with E-state index in [-0.39, 0.29) is 5.91 Å². The predicted octanol–water partition coefficient (Wildman–Crippen LogP) is 3.75. The summed E-state index contributed by atoms with van der Waals surface area (Å²) in [4.78, 5) is 12.4. The van der Waals surface area contributed by atoms with Crippen LogP contribution >= 0.6 is 11.6 Å². The van der Waals surface area contributed by atoms with Crippen LogP contribution in [0.1, 0.15) is 10.5 Å². The fraction of sp³-hybridized carbons (Fsp3) is 0.111. The summed E-state index contributed by atoms with van der Waals surface area (Å²) in [6.07, 6.45) is 0. The highest BCUT2D eigenvalue weighted by atomic mass is 35.5. The fourth-order valence-electron chi connectivity index (χ4n) is 2.55. The van der Waals surface area contributed by atoms with E-state index in [2.05, 4.69) is 15.5 Å². The van der Waals surface area contributed by atoms with Crippen LogP contribution in [0.15, 0.2) is 48.5 Å². The summed E-state index contributed by atoms with van der Waals surface area (Å²) in [6, 6.07) is 14.2. The number of hydrogen-bond acceptors (Lipinski definition) is 4. The predicted molar refractivity (Wildman–Crippen MR) is 94.4 cm³/mol. The van der Waals surface area contributed by atoms with Gasteiger partial charge in [0, 0.05) is 22.3 Å². The number of aromatic amines is 1. The molecule has 0 bridgehead atoms. The molecule has 0 saturated carbocycles. The Morgan fingerprint density at radius 1 is 1.08 bits per heavy atom. The first-order chi connectivity index (χ1) is 12.2. The SMILES string of the molecule is O=C(Nc1ccc2c(c1)OCCO2)c1cc(-c2cccc(Cl)c2)n[nH]1. The number of ether oxygens (including phenoxy) is 2. The molecule has 1 aromatic heterocycles. The Morgan fingerprint density at radius 2 is 1.92 bits per heavy atom. The Balaban J connectivity index is 1.52. The summed E-state index contributed by atoms with van der Waals surface area (Å²) in [5.74, 6) is 1.000. The Labute approximate surface area is 148 Å². The lowest BCUT2D eigenvalue weighted by Gasteiger charge is -2.18. The highest BCUT2D eigenvalue weighted by molar-refractivity contribution is 6.30. The van der Waals surface area contributed by atoms with Crippen LogP contribution in [0, 0.1) is 0 Å². The van der Waals surface area contributed by atoms with Crippen LogP contribution in [0.25, 0.3) is 11.3 Å². The van der Waals surface area contributed by atoms with Gasteiger partial charge < -0.3 is 14.8 Å². The van der Waals surface area contributed by atoms with Gasteiger partial charge in [-0.15, -0.1) is 0 Å². The zero-order chi connectivity index (χ0) is 17.2. The molecule has 3 aromatic rings. The first kappa shape index (κ1) is 15.5. The van der Waals surface area contributed by atoms with Gasteiger partial charge in [-0.05, 0) is 30.3 Å². The van der Waals surface area contributed by atoms with Gasteiger partial charge in [0.05, 0.1) is 5.69 Å². The number of carbonyl (C=O) groups excluding carboxylic acids is 1. The zero-order valence-electron chi connectivity index (χ0n) is 13.1. The fourth-order valence-corrected chi connectivity index (χ4v) is 2.74. The van der Waals surface area contributed by atoms with Gasteiger partial charge in [-0.25, -0.2) is 0 Å². The maximum absolute atomic E-state index is 12.4. The van der Waals surface area contributed by atoms with Gasteiger partial charge in [0.2, 0.25) is 0 Å². The van der Waals surface area contributed by atoms with E-state index in [0.29, 0.717) is 46.8 Å². The molecule has 7 heteroatoms. The van der Waals surface area contributed by atoms with Crippen LogP contribution in [0.2, 0.25) is 5.02 Å². The number of amides is 1. The average molecular weight is 356 g/mol. The molecule has 126 valence electrons. The van der Waals surface area contributed by atoms with Gasteiger partial charge in [0.1, 0.15) is 18.9 Å². The minimum Gasteiger partial charge on any atom is -0.486 e. The highest BCUT2D eigenvalue weighted by Crippen LogP contribution is 2.32. The van der Waals surface area contributed by atoms with Crippen molar-refractivity contribution in [2.75, 3.05) is 18.5 Å². The van der Waals surface area contributed by atoms with Crippen molar-refractivity contribution < 1.29 is 14.3 Å². The second kappa shape index (κ2) is 6.49. The van der Waals surface area contributed by atoms with Crippen molar-refractivity contribution in [1.82, 2.24) is 10.2 Å². The van der Waals surface area contributed by atoms with Gasteiger partial charge in [-0.3, -0.25) is 9.89 Å². The standard InChI is InChI=1S/C18H14ClN3O3/c19-12-3-1-2-11(8-12)14-10-15(22-21-14)18(23)20-13-4-5-16-17(9-13)25-7-6-24-16/h1-5,8-10H,6-7H2,(H,20,23)(H,21,22). The van der Waals surface area contributed by atoms with Gasteiger partial charge in [0.25, 0.3) is 5.91 Å². The topological polar surface area (TPSA) is 76.2 Å². The van der Waals surface area contributed by atoms with Crippen LogP contribution in [-0.4, -0.2) is 29.3 Å². The normalized spacial score (nSPS) is 12.7. The van der Waals surface area contributed by atoms with Crippen molar-refractivity contribution in [3.05, 3.63) is 59.2 Å². The Bertz CT molecular complexity index is 939. The summed E-state index contributed by atoms with van der Waals surface area (Å²) in [5, 5.41) is 10.3. The third kappa shape index (κ3) is 3.29. The molecule has 0 atom stereocenters. The first-order valence-corrected chi connectivity index (χ1v) is 8.09. The summed E-state index contributed by atoms with van der Waals surface area (Å²) in [5.41, 5.74) is 2.45. The largest absolute Gasteiger partial charge is 0.486 e. The minimum atomic E-state index is -0.294. The number of halogens is 1. The average Bonchev–Trinajstić information content (AvgIpc) is 3.12. The number of anilines is 1. The quantitative estimate of drug-likeness (QED) is 0.750. The van der Waals surface area contributed by atoms with Crippen molar-refractivity contribution in [3.8, 4) is 22.8 Å². The second-order valence-corrected chi connectivity index (χ2v) is 5.93. The van der Waals surface area contributed by atoms with Gasteiger partial charge in [0.15, 0.2) is 11.5 Å². The Kier molecular flexibility index (Phi) is 4.03. The molecule has 2 aromatic carbocycles. The number of nitrogens with one attached hydrogen (secondary N) is 2. The molecule has 6 nitrogen and oxygen atoms in total. The van der Waals surface area contributed by atoms with Crippen molar-refractivity contribution in [2.24, 2.45) is 0 Å². The highest BCUT2D eigenvalue weighted by Gasteiger charge is 2.15. The number of benzene rings is 2. The lowest BCUT2D eigenvalue weighted by Crippen LogP contribution is -2.16. The van der Waals surface area contributed by atoms with Crippen LogP contribution in [0.3, 0.4) is 0 Å². The van der Waals surface area contributed by atoms with Gasteiger partial charge >= 0.3 is 0 Å². The molecule has 1 amide bonds. The van der Waals surface area contributed by atoms with Crippen molar-refractivity contribution >= 4 is 23.2 Å². The molecule has 0 unspecified atom stereocenters. The maximum atomic E-state index is 12.4. The molecule has 1 aliphatic heterocycles. The monoisotopic (exact) mass is 355 g/mol. The van der Waals surface area contributed by atoms with Gasteiger partial charge in [-0.1, -0.05) is 23.7 Å². The first-order valence-electron chi connectivity index (χ1n) is 7.71. The third-order valence-corrected chi connectivity index (χ3v) is 3.98. The maximum Gasteiger partial charge on any atom is 0.273 e. The molecule has 0 fully saturated rings. The lowest BCUT2D eigenvalue weighted by molar-refractivity contribution is 0.102. The van der Waals surface area contributed by atoms with Gasteiger partial charge in [-0.2, -0.15) is 5.10 Å². The van der Waals surface area contributed by atoms with E-state index >= 15 is 0 Å². The molecule has 25 heavy (non-hydrogen) atoms. The van der Waals surface area contributed by atoms with Crippen LogP contribution < -0.4 is 14.8 Å². The number of rotatable bonds is 3. The summed E-state index contributed by atoms with van der Waals surface area (Å²) in [6.45, 7) is 1.02. The number of carbonyl (C=O) groups is 1. The molecular weight excluding hydrogens is 342 g/mol. The van der Waals surface area contributed by atoms with E-state index in [1.165, 1.54) is 0 Å². The van der Waals surface area contributed by atoms with E-state index in [0.717, 1.165) is 5.56 Å². The molecule has 0 radical (unpaired) electrons. The number of H-pyrrole nitrogens is 1. The third-order valence-electron chi connectivity index (χ3n) is 3.74. The van der Waals surface area contributed by atoms with Crippen molar-refractivity contribution in [3.63, 3.8) is 0 Å². The molecule has 1 aliphatic rings. The van der Waals surface area contributed by atoms with Crippen molar-refractivity contribution in [1.29, 1.82) is 0 Å². The molecule has 0 saturated heterocycles. The molecular formula is C18H14ClN3O3. The van der Waals surface area contributed by atoms with E-state index in [9.17, 15) is 4.79 Å². The number of hydrogen-bond donors (Lipinski definition) is 2. The molecule has 2 heterocycles. The number of nitrogens with zero attached hydrogens (tertiary/aromatic N) is 1. The molecule has 4 rings (SSSR count). The van der Waals surface area contributed by atoms with E-state index in [1.807, 2.05) is 12.1 Å². The van der Waals surface area contributed by atoms with Crippen LogP contribution in [0.4, 0.5) is 5.69 Å². The Hall–Kier alpha value is -2.99. The minimum absolute atomic E-state index is 0.294. The molecule has 0 spiro atoms.